The van der Waals surface area contributed by atoms with Crippen LogP contribution in [-0.4, -0.2) is 18.3 Å². The minimum absolute atomic E-state index is 0.136. The first kappa shape index (κ1) is 14.8. The van der Waals surface area contributed by atoms with Crippen LogP contribution in [0.2, 0.25) is 5.02 Å². The van der Waals surface area contributed by atoms with E-state index < -0.39 is 5.60 Å². The van der Waals surface area contributed by atoms with Gasteiger partial charge in [-0.3, -0.25) is 9.59 Å². The minimum atomic E-state index is -1.03. The third kappa shape index (κ3) is 2.51. The van der Waals surface area contributed by atoms with Gasteiger partial charge in [0.15, 0.2) is 11.4 Å². The lowest BCUT2D eigenvalue weighted by Gasteiger charge is -2.15. The van der Waals surface area contributed by atoms with Crippen molar-refractivity contribution in [3.8, 4) is 0 Å². The third-order valence-electron chi connectivity index (χ3n) is 3.71. The Morgan fingerprint density at radius 3 is 2.41 bits per heavy atom. The van der Waals surface area contributed by atoms with E-state index in [0.717, 1.165) is 0 Å². The lowest BCUT2D eigenvalue weighted by molar-refractivity contribution is -0.122. The first-order chi connectivity index (χ1) is 10.5. The molecule has 3 rings (SSSR count). The van der Waals surface area contributed by atoms with E-state index in [1.54, 1.807) is 30.3 Å². The first-order valence-electron chi connectivity index (χ1n) is 6.85. The van der Waals surface area contributed by atoms with Crippen LogP contribution in [-0.2, 0) is 15.1 Å². The van der Waals surface area contributed by atoms with Gasteiger partial charge in [0.2, 0.25) is 0 Å². The standard InChI is InChI=1S/C17H14ClNO3/c1-11(20)17(10-22-17)13-8-5-9-14(18)15(13)16(21)19-12-6-3-2-4-7-12/h2-9H,10H2,1H3,(H,19,21). The highest BCUT2D eigenvalue weighted by Crippen LogP contribution is 2.43. The number of benzene rings is 2. The highest BCUT2D eigenvalue weighted by Gasteiger charge is 2.53. The second-order valence-electron chi connectivity index (χ2n) is 5.15. The summed E-state index contributed by atoms with van der Waals surface area (Å²) in [5.74, 6) is -0.494. The van der Waals surface area contributed by atoms with Gasteiger partial charge in [-0.25, -0.2) is 0 Å². The van der Waals surface area contributed by atoms with Crippen LogP contribution in [0.3, 0.4) is 0 Å². The van der Waals surface area contributed by atoms with Crippen molar-refractivity contribution in [2.45, 2.75) is 12.5 Å². The van der Waals surface area contributed by atoms with Gasteiger partial charge in [0.1, 0.15) is 0 Å². The number of carbonyl (C=O) groups excluding carboxylic acids is 2. The molecule has 0 radical (unpaired) electrons. The second kappa shape index (κ2) is 5.55. The molecule has 2 aromatic carbocycles. The summed E-state index contributed by atoms with van der Waals surface area (Å²) >= 11 is 6.20. The van der Waals surface area contributed by atoms with Crippen LogP contribution in [0.5, 0.6) is 0 Å². The van der Waals surface area contributed by atoms with E-state index in [4.69, 9.17) is 16.3 Å². The molecule has 1 aliphatic rings. The summed E-state index contributed by atoms with van der Waals surface area (Å²) in [6.07, 6.45) is 0. The molecule has 1 aliphatic heterocycles. The van der Waals surface area contributed by atoms with Gasteiger partial charge in [-0.05, 0) is 25.1 Å². The fourth-order valence-electron chi connectivity index (χ4n) is 2.43. The van der Waals surface area contributed by atoms with E-state index in [0.29, 0.717) is 16.3 Å². The fraction of sp³-hybridized carbons (Fsp3) is 0.176. The third-order valence-corrected chi connectivity index (χ3v) is 4.02. The molecule has 1 N–H and O–H groups in total. The molecule has 0 aromatic heterocycles. The van der Waals surface area contributed by atoms with Crippen LogP contribution >= 0.6 is 11.6 Å². The van der Waals surface area contributed by atoms with E-state index in [9.17, 15) is 9.59 Å². The topological polar surface area (TPSA) is 58.7 Å². The van der Waals surface area contributed by atoms with Crippen molar-refractivity contribution >= 4 is 29.0 Å². The molecule has 0 bridgehead atoms. The molecule has 1 saturated heterocycles. The average molecular weight is 316 g/mol. The Bertz CT molecular complexity index is 739. The number of nitrogens with one attached hydrogen (secondary N) is 1. The molecular formula is C17H14ClNO3. The number of hydrogen-bond acceptors (Lipinski definition) is 3. The Morgan fingerprint density at radius 2 is 1.82 bits per heavy atom. The highest BCUT2D eigenvalue weighted by molar-refractivity contribution is 6.34. The number of Topliss-reactive ketones (excluding diaryl/α,β-unsaturated/α-hetero) is 1. The second-order valence-corrected chi connectivity index (χ2v) is 5.56. The number of amides is 1. The fourth-order valence-corrected chi connectivity index (χ4v) is 2.69. The first-order valence-corrected chi connectivity index (χ1v) is 7.23. The van der Waals surface area contributed by atoms with Crippen LogP contribution < -0.4 is 5.32 Å². The van der Waals surface area contributed by atoms with Crippen LogP contribution in [0.15, 0.2) is 48.5 Å². The average Bonchev–Trinajstić information content (AvgIpc) is 3.29. The van der Waals surface area contributed by atoms with Gasteiger partial charge in [-0.15, -0.1) is 0 Å². The van der Waals surface area contributed by atoms with Crippen molar-refractivity contribution in [3.05, 3.63) is 64.7 Å². The lowest BCUT2D eigenvalue weighted by atomic mass is 9.91. The molecule has 112 valence electrons. The normalized spacial score (nSPS) is 19.5. The molecule has 1 atom stereocenters. The quantitative estimate of drug-likeness (QED) is 0.880. The zero-order valence-electron chi connectivity index (χ0n) is 11.9. The number of halogens is 1. The lowest BCUT2D eigenvalue weighted by Crippen LogP contribution is -2.25. The van der Waals surface area contributed by atoms with Crippen LogP contribution in [0, 0.1) is 0 Å². The largest absolute Gasteiger partial charge is 0.356 e. The molecule has 1 unspecified atom stereocenters. The maximum Gasteiger partial charge on any atom is 0.257 e. The molecule has 1 fully saturated rings. The van der Waals surface area contributed by atoms with Crippen molar-refractivity contribution in [1.29, 1.82) is 0 Å². The molecule has 2 aromatic rings. The van der Waals surface area contributed by atoms with Gasteiger partial charge in [-0.1, -0.05) is 41.9 Å². The van der Waals surface area contributed by atoms with E-state index in [1.165, 1.54) is 6.92 Å². The molecule has 0 saturated carbocycles. The van der Waals surface area contributed by atoms with Gasteiger partial charge >= 0.3 is 0 Å². The predicted molar refractivity (Wildman–Crippen MR) is 84.2 cm³/mol. The molecule has 1 amide bonds. The molecule has 0 spiro atoms. The number of para-hydroxylation sites is 1. The smallest absolute Gasteiger partial charge is 0.257 e. The van der Waals surface area contributed by atoms with Gasteiger partial charge in [0, 0.05) is 11.3 Å². The van der Waals surface area contributed by atoms with Crippen LogP contribution in [0.4, 0.5) is 5.69 Å². The summed E-state index contributed by atoms with van der Waals surface area (Å²) in [6.45, 7) is 1.72. The Morgan fingerprint density at radius 1 is 1.14 bits per heavy atom. The number of epoxide rings is 1. The Kier molecular flexibility index (Phi) is 3.72. The van der Waals surface area contributed by atoms with Crippen molar-refractivity contribution < 1.29 is 14.3 Å². The van der Waals surface area contributed by atoms with Crippen LogP contribution in [0.25, 0.3) is 0 Å². The van der Waals surface area contributed by atoms with Gasteiger partial charge in [0.25, 0.3) is 5.91 Å². The monoisotopic (exact) mass is 315 g/mol. The summed E-state index contributed by atoms with van der Waals surface area (Å²) in [6, 6.07) is 14.1. The van der Waals surface area contributed by atoms with Crippen molar-refractivity contribution in [2.75, 3.05) is 11.9 Å². The molecule has 1 heterocycles. The predicted octanol–water partition coefficient (Wildman–Crippen LogP) is 3.41. The molecule has 22 heavy (non-hydrogen) atoms. The minimum Gasteiger partial charge on any atom is -0.356 e. The zero-order valence-corrected chi connectivity index (χ0v) is 12.7. The Hall–Kier alpha value is -2.17. The maximum absolute atomic E-state index is 12.6. The number of rotatable bonds is 4. The summed E-state index contributed by atoms with van der Waals surface area (Å²) < 4.78 is 5.35. The SMILES string of the molecule is CC(=O)C1(c2cccc(Cl)c2C(=O)Nc2ccccc2)CO1. The molecule has 5 heteroatoms. The number of ketones is 1. The highest BCUT2D eigenvalue weighted by atomic mass is 35.5. The number of ether oxygens (including phenoxy) is 1. The Balaban J connectivity index is 2.00. The van der Waals surface area contributed by atoms with Crippen LogP contribution in [0.1, 0.15) is 22.8 Å². The van der Waals surface area contributed by atoms with E-state index >= 15 is 0 Å². The summed E-state index contributed by atoms with van der Waals surface area (Å²) in [4.78, 5) is 24.5. The van der Waals surface area contributed by atoms with E-state index in [-0.39, 0.29) is 23.9 Å². The maximum atomic E-state index is 12.6. The molecule has 4 nitrogen and oxygen atoms in total. The summed E-state index contributed by atoms with van der Waals surface area (Å²) in [5.41, 5.74) is 0.419. The van der Waals surface area contributed by atoms with Crippen molar-refractivity contribution in [1.82, 2.24) is 0 Å². The van der Waals surface area contributed by atoms with Gasteiger partial charge in [-0.2, -0.15) is 0 Å². The number of carbonyl (C=O) groups is 2. The van der Waals surface area contributed by atoms with Gasteiger partial charge in [0.05, 0.1) is 17.2 Å². The molecular weight excluding hydrogens is 302 g/mol. The Labute approximate surface area is 133 Å². The van der Waals surface area contributed by atoms with E-state index in [1.807, 2.05) is 18.2 Å². The number of anilines is 1. The van der Waals surface area contributed by atoms with E-state index in [2.05, 4.69) is 5.32 Å². The zero-order chi connectivity index (χ0) is 15.7. The summed E-state index contributed by atoms with van der Waals surface area (Å²) in [7, 11) is 0. The van der Waals surface area contributed by atoms with Crippen molar-refractivity contribution in [2.24, 2.45) is 0 Å². The molecule has 0 aliphatic carbocycles. The summed E-state index contributed by atoms with van der Waals surface area (Å²) in [5, 5.41) is 3.08. The number of hydrogen-bond donors (Lipinski definition) is 1. The van der Waals surface area contributed by atoms with Crippen molar-refractivity contribution in [3.63, 3.8) is 0 Å². The van der Waals surface area contributed by atoms with Gasteiger partial charge < -0.3 is 10.1 Å².